The summed E-state index contributed by atoms with van der Waals surface area (Å²) < 4.78 is 11.3. The fraction of sp³-hybridized carbons (Fsp3) is 0.200. The Labute approximate surface area is 104 Å². The molecule has 1 nitrogen and oxygen atoms in total. The average Bonchev–Trinajstić information content (AvgIpc) is 2.40. The minimum absolute atomic E-state index is 0.146. The topological polar surface area (TPSA) is 17.1 Å². The lowest BCUT2D eigenvalue weighted by Crippen LogP contribution is -2.09. The molecular weight excluding hydrogens is 227 g/mol. The summed E-state index contributed by atoms with van der Waals surface area (Å²) >= 11 is 0. The van der Waals surface area contributed by atoms with Crippen molar-refractivity contribution < 1.29 is 4.57 Å². The van der Waals surface area contributed by atoms with Crippen LogP contribution >= 0.6 is 8.46 Å². The highest BCUT2D eigenvalue weighted by Crippen LogP contribution is 2.39. The maximum Gasteiger partial charge on any atom is 0.166 e. The van der Waals surface area contributed by atoms with E-state index in [9.17, 15) is 4.57 Å². The van der Waals surface area contributed by atoms with Gasteiger partial charge in [-0.2, -0.15) is 0 Å². The zero-order valence-corrected chi connectivity index (χ0v) is 10.9. The van der Waals surface area contributed by atoms with Crippen LogP contribution in [0, 0.1) is 0 Å². The van der Waals surface area contributed by atoms with E-state index in [1.807, 2.05) is 50.2 Å². The molecule has 86 valence electrons. The zero-order chi connectivity index (χ0) is 12.3. The van der Waals surface area contributed by atoms with Crippen LogP contribution in [0.5, 0.6) is 0 Å². The second-order valence-corrected chi connectivity index (χ2v) is 5.86. The number of benzene rings is 2. The Balaban J connectivity index is 2.60. The van der Waals surface area contributed by atoms with Gasteiger partial charge in [-0.05, 0) is 30.5 Å². The molecule has 17 heavy (non-hydrogen) atoms. The van der Waals surface area contributed by atoms with E-state index in [1.54, 1.807) is 0 Å². The molecule has 0 saturated carbocycles. The fourth-order valence-corrected chi connectivity index (χ4v) is 2.23. The maximum atomic E-state index is 11.3. The summed E-state index contributed by atoms with van der Waals surface area (Å²) in [5, 5.41) is -0.355. The molecule has 2 aromatic rings. The van der Waals surface area contributed by atoms with Gasteiger partial charge in [-0.25, -0.2) is 0 Å². The van der Waals surface area contributed by atoms with E-state index in [1.165, 1.54) is 5.56 Å². The van der Waals surface area contributed by atoms with Gasteiger partial charge in [-0.15, -0.1) is 0 Å². The molecule has 0 unspecified atom stereocenters. The van der Waals surface area contributed by atoms with Crippen LogP contribution in [0.15, 0.2) is 54.6 Å². The lowest BCUT2D eigenvalue weighted by Gasteiger charge is -2.20. The number of hydrogen-bond donors (Lipinski definition) is 0. The first-order valence-electron chi connectivity index (χ1n) is 5.64. The Morgan fingerprint density at radius 3 is 2.12 bits per heavy atom. The number of rotatable bonds is 3. The minimum Gasteiger partial charge on any atom is -0.274 e. The van der Waals surface area contributed by atoms with Crippen LogP contribution in [0.1, 0.15) is 19.4 Å². The first kappa shape index (κ1) is 12.0. The van der Waals surface area contributed by atoms with Crippen molar-refractivity contribution in [1.29, 1.82) is 0 Å². The van der Waals surface area contributed by atoms with Gasteiger partial charge in [0, 0.05) is 0 Å². The fourth-order valence-electron chi connectivity index (χ4n) is 1.94. The predicted molar refractivity (Wildman–Crippen MR) is 72.5 cm³/mol. The Morgan fingerprint density at radius 2 is 1.47 bits per heavy atom. The molecule has 0 heterocycles. The van der Waals surface area contributed by atoms with Crippen molar-refractivity contribution in [1.82, 2.24) is 0 Å². The van der Waals surface area contributed by atoms with E-state index in [0.29, 0.717) is 0 Å². The third-order valence-electron chi connectivity index (χ3n) is 2.90. The van der Waals surface area contributed by atoms with Gasteiger partial charge in [0.2, 0.25) is 0 Å². The van der Waals surface area contributed by atoms with E-state index in [2.05, 4.69) is 18.2 Å². The highest BCUT2D eigenvalue weighted by Gasteiger charge is 2.24. The lowest BCUT2D eigenvalue weighted by molar-refractivity contribution is 0.576. The normalized spacial score (nSPS) is 11.6. The SMILES string of the molecule is CC(C)(P=O)c1ccccc1-c1ccccc1. The van der Waals surface area contributed by atoms with Gasteiger partial charge >= 0.3 is 0 Å². The molecule has 0 aliphatic heterocycles. The molecule has 0 aliphatic carbocycles. The summed E-state index contributed by atoms with van der Waals surface area (Å²) in [4.78, 5) is 0. The molecule has 2 heteroatoms. The molecule has 0 aliphatic rings. The molecule has 0 bridgehead atoms. The second kappa shape index (κ2) is 4.81. The molecule has 0 N–H and O–H groups in total. The summed E-state index contributed by atoms with van der Waals surface area (Å²) in [7, 11) is 0.146. The van der Waals surface area contributed by atoms with Crippen molar-refractivity contribution in [3.63, 3.8) is 0 Å². The minimum atomic E-state index is -0.355. The molecule has 2 rings (SSSR count). The Morgan fingerprint density at radius 1 is 0.882 bits per heavy atom. The van der Waals surface area contributed by atoms with E-state index < -0.39 is 0 Å². The second-order valence-electron chi connectivity index (χ2n) is 4.56. The van der Waals surface area contributed by atoms with Gasteiger partial charge in [0.25, 0.3) is 0 Å². The van der Waals surface area contributed by atoms with Gasteiger partial charge in [0.1, 0.15) is 0 Å². The van der Waals surface area contributed by atoms with Crippen LogP contribution in [-0.4, -0.2) is 0 Å². The van der Waals surface area contributed by atoms with E-state index in [4.69, 9.17) is 0 Å². The van der Waals surface area contributed by atoms with E-state index in [0.717, 1.165) is 11.1 Å². The first-order valence-corrected chi connectivity index (χ1v) is 6.46. The average molecular weight is 242 g/mol. The largest absolute Gasteiger partial charge is 0.274 e. The van der Waals surface area contributed by atoms with Gasteiger partial charge in [0.05, 0.1) is 5.16 Å². The summed E-state index contributed by atoms with van der Waals surface area (Å²) in [6, 6.07) is 18.3. The Hall–Kier alpha value is -1.46. The molecule has 0 fully saturated rings. The smallest absolute Gasteiger partial charge is 0.166 e. The van der Waals surface area contributed by atoms with Crippen LogP contribution in [-0.2, 0) is 9.72 Å². The molecule has 0 aromatic heterocycles. The molecule has 2 aromatic carbocycles. The third-order valence-corrected chi connectivity index (χ3v) is 3.60. The number of hydrogen-bond acceptors (Lipinski definition) is 1. The van der Waals surface area contributed by atoms with Gasteiger partial charge < -0.3 is 0 Å². The molecule has 0 spiro atoms. The molecule has 0 atom stereocenters. The van der Waals surface area contributed by atoms with Crippen LogP contribution in [0.4, 0.5) is 0 Å². The van der Waals surface area contributed by atoms with Crippen LogP contribution in [0.2, 0.25) is 0 Å². The van der Waals surface area contributed by atoms with Crippen molar-refractivity contribution in [2.75, 3.05) is 0 Å². The van der Waals surface area contributed by atoms with Gasteiger partial charge in [0.15, 0.2) is 8.46 Å². The summed E-state index contributed by atoms with van der Waals surface area (Å²) in [5.41, 5.74) is 3.43. The van der Waals surface area contributed by atoms with Gasteiger partial charge in [-0.1, -0.05) is 54.6 Å². The van der Waals surface area contributed by atoms with Crippen molar-refractivity contribution in [2.45, 2.75) is 19.0 Å². The van der Waals surface area contributed by atoms with Crippen LogP contribution in [0.3, 0.4) is 0 Å². The Kier molecular flexibility index (Phi) is 3.40. The highest BCUT2D eigenvalue weighted by molar-refractivity contribution is 7.25. The standard InChI is InChI=1S/C15H15OP/c1-15(2,17-16)14-11-7-6-10-13(14)12-8-4-3-5-9-12/h3-11H,1-2H3. The summed E-state index contributed by atoms with van der Waals surface area (Å²) in [6.45, 7) is 3.98. The zero-order valence-electron chi connectivity index (χ0n) is 10.1. The van der Waals surface area contributed by atoms with Gasteiger partial charge in [-0.3, -0.25) is 4.57 Å². The highest BCUT2D eigenvalue weighted by atomic mass is 31.1. The molecule has 0 saturated heterocycles. The van der Waals surface area contributed by atoms with Crippen LogP contribution in [0.25, 0.3) is 11.1 Å². The van der Waals surface area contributed by atoms with Crippen molar-refractivity contribution >= 4 is 8.46 Å². The molecular formula is C15H15OP. The predicted octanol–water partition coefficient (Wildman–Crippen LogP) is 4.88. The monoisotopic (exact) mass is 242 g/mol. The van der Waals surface area contributed by atoms with Crippen molar-refractivity contribution in [2.24, 2.45) is 0 Å². The van der Waals surface area contributed by atoms with Crippen molar-refractivity contribution in [3.8, 4) is 11.1 Å². The lowest BCUT2D eigenvalue weighted by atomic mass is 9.92. The van der Waals surface area contributed by atoms with Crippen molar-refractivity contribution in [3.05, 3.63) is 60.2 Å². The summed E-state index contributed by atoms with van der Waals surface area (Å²) in [5.74, 6) is 0. The third kappa shape index (κ3) is 2.45. The van der Waals surface area contributed by atoms with E-state index in [-0.39, 0.29) is 13.6 Å². The Bertz CT molecular complexity index is 517. The molecule has 0 amide bonds. The first-order chi connectivity index (χ1) is 8.15. The maximum absolute atomic E-state index is 11.3. The molecule has 0 radical (unpaired) electrons. The quantitative estimate of drug-likeness (QED) is 0.701. The summed E-state index contributed by atoms with van der Waals surface area (Å²) in [6.07, 6.45) is 0. The van der Waals surface area contributed by atoms with E-state index >= 15 is 0 Å². The van der Waals surface area contributed by atoms with Crippen LogP contribution < -0.4 is 0 Å².